The van der Waals surface area contributed by atoms with Gasteiger partial charge in [-0.05, 0) is 37.7 Å². The monoisotopic (exact) mass is 288 g/mol. The highest BCUT2D eigenvalue weighted by Crippen LogP contribution is 2.34. The number of carbonyl (C=O) groups is 2. The topological polar surface area (TPSA) is 83.6 Å². The Morgan fingerprint density at radius 3 is 2.74 bits per heavy atom. The van der Waals surface area contributed by atoms with Crippen LogP contribution in [0.15, 0.2) is 0 Å². The maximum absolute atomic E-state index is 12.4. The summed E-state index contributed by atoms with van der Waals surface area (Å²) in [5, 5.41) is 9.53. The van der Waals surface area contributed by atoms with E-state index in [0.717, 1.165) is 18.6 Å². The van der Waals surface area contributed by atoms with Gasteiger partial charge in [-0.25, -0.2) is 4.79 Å². The van der Waals surface area contributed by atoms with Crippen molar-refractivity contribution in [1.29, 1.82) is 0 Å². The fraction of sp³-hybridized carbons (Fsp3) is 0.846. The molecule has 5 nitrogen and oxygen atoms in total. The van der Waals surface area contributed by atoms with Crippen LogP contribution in [0, 0.1) is 0 Å². The van der Waals surface area contributed by atoms with Gasteiger partial charge in [0, 0.05) is 6.54 Å². The van der Waals surface area contributed by atoms with Crippen molar-refractivity contribution in [3.8, 4) is 0 Å². The van der Waals surface area contributed by atoms with Crippen LogP contribution in [0.1, 0.15) is 39.0 Å². The van der Waals surface area contributed by atoms with Gasteiger partial charge < -0.3 is 15.7 Å². The highest BCUT2D eigenvalue weighted by Gasteiger charge is 2.49. The minimum absolute atomic E-state index is 0.206. The first-order valence-electron chi connectivity index (χ1n) is 6.79. The number of aliphatic carboxylic acids is 1. The van der Waals surface area contributed by atoms with Gasteiger partial charge in [0.25, 0.3) is 0 Å². The quantitative estimate of drug-likeness (QED) is 0.738. The molecule has 1 aliphatic rings. The van der Waals surface area contributed by atoms with Crippen LogP contribution in [0.5, 0.6) is 0 Å². The molecule has 0 saturated carbocycles. The lowest BCUT2D eigenvalue weighted by molar-refractivity contribution is -0.157. The summed E-state index contributed by atoms with van der Waals surface area (Å²) in [7, 11) is 0. The summed E-state index contributed by atoms with van der Waals surface area (Å²) in [6, 6.07) is -0.582. The zero-order chi connectivity index (χ0) is 14.5. The Labute approximate surface area is 118 Å². The molecule has 1 unspecified atom stereocenters. The van der Waals surface area contributed by atoms with Crippen molar-refractivity contribution in [1.82, 2.24) is 4.90 Å². The van der Waals surface area contributed by atoms with Crippen molar-refractivity contribution in [3.63, 3.8) is 0 Å². The molecule has 0 aliphatic carbocycles. The zero-order valence-corrected chi connectivity index (χ0v) is 12.5. The van der Waals surface area contributed by atoms with Gasteiger partial charge in [-0.2, -0.15) is 11.8 Å². The highest BCUT2D eigenvalue weighted by atomic mass is 32.2. The van der Waals surface area contributed by atoms with Gasteiger partial charge in [-0.15, -0.1) is 0 Å². The molecule has 1 rings (SSSR count). The van der Waals surface area contributed by atoms with Crippen LogP contribution in [0.4, 0.5) is 0 Å². The summed E-state index contributed by atoms with van der Waals surface area (Å²) in [6.45, 7) is 2.46. The molecule has 0 aromatic carbocycles. The molecule has 0 spiro atoms. The normalized spacial score (nSPS) is 24.5. The number of carboxylic acid groups (broad SMARTS) is 1. The molecule has 0 bridgehead atoms. The summed E-state index contributed by atoms with van der Waals surface area (Å²) in [5.41, 5.74) is 4.88. The number of carboxylic acids is 1. The Balaban J connectivity index is 2.84. The van der Waals surface area contributed by atoms with Gasteiger partial charge in [0.1, 0.15) is 5.54 Å². The summed E-state index contributed by atoms with van der Waals surface area (Å²) >= 11 is 1.64. The van der Waals surface area contributed by atoms with E-state index >= 15 is 0 Å². The minimum Gasteiger partial charge on any atom is -0.479 e. The van der Waals surface area contributed by atoms with E-state index in [1.54, 1.807) is 11.8 Å². The Morgan fingerprint density at radius 2 is 2.21 bits per heavy atom. The number of hydrogen-bond donors (Lipinski definition) is 2. The summed E-state index contributed by atoms with van der Waals surface area (Å²) in [5.74, 6) is -0.283. The molecule has 1 amide bonds. The second kappa shape index (κ2) is 7.14. The molecule has 3 N–H and O–H groups in total. The lowest BCUT2D eigenvalue weighted by atomic mass is 9.90. The van der Waals surface area contributed by atoms with Gasteiger partial charge in [-0.1, -0.05) is 13.3 Å². The number of hydrogen-bond acceptors (Lipinski definition) is 4. The van der Waals surface area contributed by atoms with E-state index in [9.17, 15) is 14.7 Å². The third-order valence-corrected chi connectivity index (χ3v) is 4.41. The molecule has 2 atom stereocenters. The van der Waals surface area contributed by atoms with Gasteiger partial charge in [-0.3, -0.25) is 4.79 Å². The van der Waals surface area contributed by atoms with E-state index in [1.807, 2.05) is 13.2 Å². The molecule has 1 fully saturated rings. The van der Waals surface area contributed by atoms with Crippen molar-refractivity contribution in [2.75, 3.05) is 18.6 Å². The third kappa shape index (κ3) is 3.42. The molecular formula is C13H24N2O3S. The first-order valence-corrected chi connectivity index (χ1v) is 8.18. The van der Waals surface area contributed by atoms with E-state index in [-0.39, 0.29) is 5.91 Å². The first kappa shape index (κ1) is 16.3. The Morgan fingerprint density at radius 1 is 1.53 bits per heavy atom. The molecule has 1 heterocycles. The van der Waals surface area contributed by atoms with Crippen LogP contribution < -0.4 is 5.73 Å². The Bertz CT molecular complexity index is 338. The second-order valence-corrected chi connectivity index (χ2v) is 6.05. The standard InChI is InChI=1S/C13H24N2O3S/c1-3-6-13(12(17)18)7-4-8-15(13)11(16)10(14)5-9-19-2/h10H,3-9,14H2,1-2H3,(H,17,18)/t10-,13?/m0/s1. The number of nitrogens with two attached hydrogens (primary N) is 1. The number of likely N-dealkylation sites (tertiary alicyclic amines) is 1. The maximum atomic E-state index is 12.4. The lowest BCUT2D eigenvalue weighted by Crippen LogP contribution is -2.57. The molecule has 0 aromatic heterocycles. The van der Waals surface area contributed by atoms with Gasteiger partial charge in [0.2, 0.25) is 5.91 Å². The maximum Gasteiger partial charge on any atom is 0.329 e. The van der Waals surface area contributed by atoms with Crippen molar-refractivity contribution < 1.29 is 14.7 Å². The zero-order valence-electron chi connectivity index (χ0n) is 11.7. The number of thioether (sulfide) groups is 1. The predicted octanol–water partition coefficient (Wildman–Crippen LogP) is 1.31. The van der Waals surface area contributed by atoms with Crippen molar-refractivity contribution in [2.24, 2.45) is 5.73 Å². The number of amides is 1. The van der Waals surface area contributed by atoms with Crippen LogP contribution in [0.3, 0.4) is 0 Å². The minimum atomic E-state index is -1.02. The van der Waals surface area contributed by atoms with E-state index in [1.165, 1.54) is 4.90 Å². The SMILES string of the molecule is CCCC1(C(=O)O)CCCN1C(=O)[C@@H](N)CCSC. The van der Waals surface area contributed by atoms with Crippen LogP contribution in [0.25, 0.3) is 0 Å². The van der Waals surface area contributed by atoms with E-state index in [4.69, 9.17) is 5.73 Å². The summed E-state index contributed by atoms with van der Waals surface area (Å²) < 4.78 is 0. The van der Waals surface area contributed by atoms with Crippen molar-refractivity contribution in [3.05, 3.63) is 0 Å². The van der Waals surface area contributed by atoms with Gasteiger partial charge in [0.15, 0.2) is 0 Å². The van der Waals surface area contributed by atoms with Crippen LogP contribution in [-0.4, -0.2) is 52.0 Å². The molecule has 1 saturated heterocycles. The Kier molecular flexibility index (Phi) is 6.13. The second-order valence-electron chi connectivity index (χ2n) is 5.07. The summed E-state index contributed by atoms with van der Waals surface area (Å²) in [4.78, 5) is 25.5. The number of nitrogens with zero attached hydrogens (tertiary/aromatic N) is 1. The first-order chi connectivity index (χ1) is 8.99. The van der Waals surface area contributed by atoms with Gasteiger partial charge >= 0.3 is 5.97 Å². The Hall–Kier alpha value is -0.750. The number of carbonyl (C=O) groups excluding carboxylic acids is 1. The summed E-state index contributed by atoms with van der Waals surface area (Å²) in [6.07, 6.45) is 5.09. The fourth-order valence-electron chi connectivity index (χ4n) is 2.77. The molecule has 19 heavy (non-hydrogen) atoms. The van der Waals surface area contributed by atoms with Crippen LogP contribution in [-0.2, 0) is 9.59 Å². The molecule has 0 aromatic rings. The molecule has 110 valence electrons. The van der Waals surface area contributed by atoms with Crippen LogP contribution in [0.2, 0.25) is 0 Å². The molecule has 1 aliphatic heterocycles. The van der Waals surface area contributed by atoms with Gasteiger partial charge in [0.05, 0.1) is 6.04 Å². The van der Waals surface area contributed by atoms with Crippen LogP contribution >= 0.6 is 11.8 Å². The van der Waals surface area contributed by atoms with Crippen molar-refractivity contribution >= 4 is 23.6 Å². The van der Waals surface area contributed by atoms with E-state index < -0.39 is 17.6 Å². The average Bonchev–Trinajstić information content (AvgIpc) is 2.80. The van der Waals surface area contributed by atoms with Crippen molar-refractivity contribution in [2.45, 2.75) is 50.6 Å². The molecule has 6 heteroatoms. The largest absolute Gasteiger partial charge is 0.479 e. The third-order valence-electron chi connectivity index (χ3n) is 3.77. The predicted molar refractivity (Wildman–Crippen MR) is 77.2 cm³/mol. The average molecular weight is 288 g/mol. The van der Waals surface area contributed by atoms with E-state index in [2.05, 4.69) is 0 Å². The fourth-order valence-corrected chi connectivity index (χ4v) is 3.26. The van der Waals surface area contributed by atoms with E-state index in [0.29, 0.717) is 25.8 Å². The highest BCUT2D eigenvalue weighted by molar-refractivity contribution is 7.98. The molecular weight excluding hydrogens is 264 g/mol. The molecule has 0 radical (unpaired) electrons. The lowest BCUT2D eigenvalue weighted by Gasteiger charge is -2.36. The number of rotatable bonds is 7. The smallest absolute Gasteiger partial charge is 0.329 e.